The van der Waals surface area contributed by atoms with E-state index < -0.39 is 4.97 Å². The molecule has 0 aliphatic heterocycles. The summed E-state index contributed by atoms with van der Waals surface area (Å²) in [5.41, 5.74) is 0. The monoisotopic (exact) mass is 260 g/mol. The van der Waals surface area contributed by atoms with E-state index in [4.69, 9.17) is 38.6 Å². The molecule has 1 aromatic rings. The summed E-state index contributed by atoms with van der Waals surface area (Å²) in [4.78, 5) is -2.67. The van der Waals surface area contributed by atoms with Crippen LogP contribution in [-0.4, -0.2) is 0 Å². The normalized spacial score (nSPS) is 11.2. The molecule has 0 bridgehead atoms. The zero-order chi connectivity index (χ0) is 9.19. The first-order chi connectivity index (χ1) is 5.47. The molecule has 1 nitrogen and oxygen atoms in total. The van der Waals surface area contributed by atoms with Gasteiger partial charge in [0.1, 0.15) is 5.75 Å². The van der Waals surface area contributed by atoms with Gasteiger partial charge < -0.3 is 4.52 Å². The molecular formula is C6H4Cl3OPS. The van der Waals surface area contributed by atoms with Crippen molar-refractivity contribution < 1.29 is 4.52 Å². The molecule has 0 aliphatic carbocycles. The first-order valence-corrected chi connectivity index (χ1v) is 7.83. The topological polar surface area (TPSA) is 9.23 Å². The van der Waals surface area contributed by atoms with E-state index in [9.17, 15) is 0 Å². The number of benzene rings is 1. The standard InChI is InChI=1S/C6H4Cl3OPS/c7-5-1-3-6(4-2-5)10-11(8,9)12/h1-4H. The minimum Gasteiger partial charge on any atom is -0.441 e. The average molecular weight is 261 g/mol. The van der Waals surface area contributed by atoms with Gasteiger partial charge in [-0.15, -0.1) is 0 Å². The Hall–Kier alpha value is 0.540. The highest BCUT2D eigenvalue weighted by Gasteiger charge is 2.09. The van der Waals surface area contributed by atoms with Crippen molar-refractivity contribution in [2.45, 2.75) is 0 Å². The van der Waals surface area contributed by atoms with Gasteiger partial charge in [0.25, 0.3) is 4.97 Å². The molecule has 66 valence electrons. The van der Waals surface area contributed by atoms with Gasteiger partial charge in [0.05, 0.1) is 0 Å². The SMILES string of the molecule is S=P(Cl)(Cl)Oc1ccc(Cl)cc1. The number of hydrogen-bond acceptors (Lipinski definition) is 2. The Morgan fingerprint density at radius 3 is 2.08 bits per heavy atom. The van der Waals surface area contributed by atoms with Gasteiger partial charge in [0.2, 0.25) is 0 Å². The number of halogens is 3. The Morgan fingerprint density at radius 1 is 1.17 bits per heavy atom. The molecule has 0 unspecified atom stereocenters. The highest BCUT2D eigenvalue weighted by molar-refractivity contribution is 8.36. The lowest BCUT2D eigenvalue weighted by atomic mass is 10.3. The molecule has 0 aromatic heterocycles. The Kier molecular flexibility index (Phi) is 3.69. The van der Waals surface area contributed by atoms with Crippen LogP contribution in [0.4, 0.5) is 0 Å². The Balaban J connectivity index is 2.78. The van der Waals surface area contributed by atoms with Crippen molar-refractivity contribution >= 4 is 50.9 Å². The van der Waals surface area contributed by atoms with Gasteiger partial charge in [-0.2, -0.15) is 0 Å². The van der Waals surface area contributed by atoms with Crippen LogP contribution in [0.15, 0.2) is 24.3 Å². The quantitative estimate of drug-likeness (QED) is 0.729. The van der Waals surface area contributed by atoms with Crippen LogP contribution in [0, 0.1) is 0 Å². The number of rotatable bonds is 2. The molecule has 0 fully saturated rings. The third kappa shape index (κ3) is 3.97. The smallest absolute Gasteiger partial charge is 0.289 e. The number of hydrogen-bond donors (Lipinski definition) is 0. The first kappa shape index (κ1) is 10.6. The molecule has 0 spiro atoms. The lowest BCUT2D eigenvalue weighted by molar-refractivity contribution is 0.636. The van der Waals surface area contributed by atoms with Crippen molar-refractivity contribution in [3.05, 3.63) is 29.3 Å². The summed E-state index contributed by atoms with van der Waals surface area (Å²) >= 11 is 21.4. The minimum atomic E-state index is -2.67. The van der Waals surface area contributed by atoms with E-state index in [1.165, 1.54) is 0 Å². The fourth-order valence-electron chi connectivity index (χ4n) is 0.618. The molecule has 0 N–H and O–H groups in total. The maximum absolute atomic E-state index is 5.64. The third-order valence-corrected chi connectivity index (χ3v) is 2.34. The fourth-order valence-corrected chi connectivity index (χ4v) is 1.85. The summed E-state index contributed by atoms with van der Waals surface area (Å²) in [6.45, 7) is 0. The first-order valence-electron chi connectivity index (χ1n) is 2.92. The molecule has 0 saturated heterocycles. The van der Waals surface area contributed by atoms with Gasteiger partial charge >= 0.3 is 0 Å². The molecule has 0 heterocycles. The molecule has 1 aromatic carbocycles. The summed E-state index contributed by atoms with van der Waals surface area (Å²) < 4.78 is 5.05. The van der Waals surface area contributed by atoms with E-state index in [1.54, 1.807) is 24.3 Å². The van der Waals surface area contributed by atoms with Crippen LogP contribution in [-0.2, 0) is 11.8 Å². The van der Waals surface area contributed by atoms with E-state index in [0.717, 1.165) is 0 Å². The predicted molar refractivity (Wildman–Crippen MR) is 58.1 cm³/mol. The lowest BCUT2D eigenvalue weighted by Crippen LogP contribution is -1.79. The summed E-state index contributed by atoms with van der Waals surface area (Å²) in [5, 5.41) is 0.625. The van der Waals surface area contributed by atoms with Crippen LogP contribution in [0.1, 0.15) is 0 Å². The van der Waals surface area contributed by atoms with E-state index in [1.807, 2.05) is 0 Å². The Bertz CT molecular complexity index is 307. The summed E-state index contributed by atoms with van der Waals surface area (Å²) in [6.07, 6.45) is 0. The van der Waals surface area contributed by atoms with Crippen molar-refractivity contribution in [3.8, 4) is 5.75 Å². The second kappa shape index (κ2) is 4.17. The maximum Gasteiger partial charge on any atom is 0.289 e. The zero-order valence-corrected chi connectivity index (χ0v) is 9.69. The van der Waals surface area contributed by atoms with E-state index >= 15 is 0 Å². The van der Waals surface area contributed by atoms with Crippen molar-refractivity contribution in [3.63, 3.8) is 0 Å². The Morgan fingerprint density at radius 2 is 1.67 bits per heavy atom. The highest BCUT2D eigenvalue weighted by Crippen LogP contribution is 2.57. The molecule has 6 heteroatoms. The maximum atomic E-state index is 5.64. The van der Waals surface area contributed by atoms with E-state index in [-0.39, 0.29) is 0 Å². The predicted octanol–water partition coefficient (Wildman–Crippen LogP) is 4.42. The third-order valence-electron chi connectivity index (χ3n) is 1.03. The Labute approximate surface area is 90.2 Å². The highest BCUT2D eigenvalue weighted by atomic mass is 35.9. The van der Waals surface area contributed by atoms with Crippen LogP contribution in [0.5, 0.6) is 5.75 Å². The van der Waals surface area contributed by atoms with Crippen LogP contribution in [0.3, 0.4) is 0 Å². The van der Waals surface area contributed by atoms with Crippen LogP contribution in [0.2, 0.25) is 5.02 Å². The van der Waals surface area contributed by atoms with E-state index in [0.29, 0.717) is 10.8 Å². The largest absolute Gasteiger partial charge is 0.441 e. The molecule has 0 atom stereocenters. The molecule has 12 heavy (non-hydrogen) atoms. The minimum absolute atomic E-state index is 0.535. The molecule has 0 aliphatic rings. The lowest BCUT2D eigenvalue weighted by Gasteiger charge is -2.07. The second-order valence-corrected chi connectivity index (χ2v) is 9.53. The molecular weight excluding hydrogens is 257 g/mol. The molecule has 1 rings (SSSR count). The van der Waals surface area contributed by atoms with Gasteiger partial charge in [-0.1, -0.05) is 11.6 Å². The average Bonchev–Trinajstić information content (AvgIpc) is 1.91. The second-order valence-electron chi connectivity index (χ2n) is 1.96. The van der Waals surface area contributed by atoms with Crippen LogP contribution < -0.4 is 4.52 Å². The molecule has 0 amide bonds. The van der Waals surface area contributed by atoms with Crippen LogP contribution in [0.25, 0.3) is 0 Å². The summed E-state index contributed by atoms with van der Waals surface area (Å²) in [7, 11) is 0. The van der Waals surface area contributed by atoms with Crippen LogP contribution >= 0.6 is 39.1 Å². The van der Waals surface area contributed by atoms with Gasteiger partial charge in [-0.05, 0) is 58.6 Å². The van der Waals surface area contributed by atoms with Gasteiger partial charge in [-0.25, -0.2) is 0 Å². The van der Waals surface area contributed by atoms with Crippen molar-refractivity contribution in [2.75, 3.05) is 0 Å². The molecule has 0 radical (unpaired) electrons. The van der Waals surface area contributed by atoms with Gasteiger partial charge in [-0.3, -0.25) is 0 Å². The van der Waals surface area contributed by atoms with Crippen molar-refractivity contribution in [2.24, 2.45) is 0 Å². The summed E-state index contributed by atoms with van der Waals surface area (Å²) in [6, 6.07) is 6.67. The fraction of sp³-hybridized carbons (Fsp3) is 0. The van der Waals surface area contributed by atoms with Gasteiger partial charge in [0, 0.05) is 5.02 Å². The zero-order valence-electron chi connectivity index (χ0n) is 5.71. The van der Waals surface area contributed by atoms with Crippen molar-refractivity contribution in [1.82, 2.24) is 0 Å². The molecule has 0 saturated carbocycles. The summed E-state index contributed by atoms with van der Waals surface area (Å²) in [5.74, 6) is 0.535. The van der Waals surface area contributed by atoms with Gasteiger partial charge in [0.15, 0.2) is 0 Å². The van der Waals surface area contributed by atoms with Crippen molar-refractivity contribution in [1.29, 1.82) is 0 Å². The van der Waals surface area contributed by atoms with E-state index in [2.05, 4.69) is 11.8 Å².